The molecule has 0 saturated carbocycles. The molecule has 3 aromatic rings. The average Bonchev–Trinajstić information content (AvgIpc) is 2.62. The molecule has 1 saturated heterocycles. The fourth-order valence-electron chi connectivity index (χ4n) is 3.92. The molecule has 1 fully saturated rings. The van der Waals surface area contributed by atoms with Gasteiger partial charge in [0.05, 0.1) is 6.10 Å². The Labute approximate surface area is 143 Å². The summed E-state index contributed by atoms with van der Waals surface area (Å²) in [4.78, 5) is 2.36. The number of fused-ring (bicyclic) bond motifs is 1. The van der Waals surface area contributed by atoms with E-state index in [0.29, 0.717) is 0 Å². The van der Waals surface area contributed by atoms with Crippen molar-refractivity contribution in [2.24, 2.45) is 0 Å². The van der Waals surface area contributed by atoms with Gasteiger partial charge in [0.25, 0.3) is 0 Å². The molecule has 0 radical (unpaired) electrons. The van der Waals surface area contributed by atoms with Crippen molar-refractivity contribution in [1.82, 2.24) is 4.90 Å². The van der Waals surface area contributed by atoms with Crippen LogP contribution in [0.1, 0.15) is 23.5 Å². The normalized spacial score (nSPS) is 21.9. The minimum atomic E-state index is -0.312. The van der Waals surface area contributed by atoms with Crippen molar-refractivity contribution < 1.29 is 5.11 Å². The van der Waals surface area contributed by atoms with Crippen LogP contribution in [0.4, 0.5) is 0 Å². The largest absolute Gasteiger partial charge is 0.391 e. The van der Waals surface area contributed by atoms with Gasteiger partial charge in [-0.1, -0.05) is 72.8 Å². The van der Waals surface area contributed by atoms with E-state index < -0.39 is 0 Å². The highest BCUT2D eigenvalue weighted by Crippen LogP contribution is 2.33. The molecule has 3 aromatic carbocycles. The van der Waals surface area contributed by atoms with Crippen molar-refractivity contribution in [1.29, 1.82) is 0 Å². The Bertz CT molecular complexity index is 809. The van der Waals surface area contributed by atoms with E-state index in [1.165, 1.54) is 21.9 Å². The van der Waals surface area contributed by atoms with Crippen molar-refractivity contribution in [2.45, 2.75) is 25.0 Å². The van der Waals surface area contributed by atoms with Crippen LogP contribution in [0.15, 0.2) is 72.8 Å². The minimum absolute atomic E-state index is 0.225. The summed E-state index contributed by atoms with van der Waals surface area (Å²) >= 11 is 0. The van der Waals surface area contributed by atoms with E-state index in [9.17, 15) is 5.11 Å². The van der Waals surface area contributed by atoms with Gasteiger partial charge < -0.3 is 5.11 Å². The summed E-state index contributed by atoms with van der Waals surface area (Å²) in [6, 6.07) is 25.4. The summed E-state index contributed by atoms with van der Waals surface area (Å²) in [7, 11) is 0. The topological polar surface area (TPSA) is 23.5 Å². The highest BCUT2D eigenvalue weighted by atomic mass is 16.3. The van der Waals surface area contributed by atoms with E-state index in [2.05, 4.69) is 71.6 Å². The fourth-order valence-corrected chi connectivity index (χ4v) is 3.92. The van der Waals surface area contributed by atoms with E-state index in [1.54, 1.807) is 0 Å². The highest BCUT2D eigenvalue weighted by molar-refractivity contribution is 5.86. The van der Waals surface area contributed by atoms with Gasteiger partial charge >= 0.3 is 0 Å². The third-order valence-corrected chi connectivity index (χ3v) is 5.14. The number of β-amino-alcohol motifs (C(OH)–C–C–N with tert-alkyl or cyclic N) is 1. The number of hydrogen-bond acceptors (Lipinski definition) is 2. The van der Waals surface area contributed by atoms with E-state index in [0.717, 1.165) is 26.1 Å². The number of aliphatic hydroxyl groups is 1. The molecule has 4 rings (SSSR count). The maximum Gasteiger partial charge on any atom is 0.0736 e. The van der Waals surface area contributed by atoms with E-state index in [1.807, 2.05) is 6.07 Å². The molecule has 0 spiro atoms. The van der Waals surface area contributed by atoms with Crippen LogP contribution in [0.3, 0.4) is 0 Å². The molecule has 1 heterocycles. The van der Waals surface area contributed by atoms with E-state index in [-0.39, 0.29) is 12.0 Å². The molecule has 1 N–H and O–H groups in total. The van der Waals surface area contributed by atoms with Gasteiger partial charge in [0.2, 0.25) is 0 Å². The van der Waals surface area contributed by atoms with Gasteiger partial charge in [-0.2, -0.15) is 0 Å². The zero-order valence-electron chi connectivity index (χ0n) is 13.8. The first-order valence-electron chi connectivity index (χ1n) is 8.73. The summed E-state index contributed by atoms with van der Waals surface area (Å²) in [5.74, 6) is 0.225. The SMILES string of the molecule is OC1CN(Cc2ccccc2)CCC1c1cccc2ccccc12. The van der Waals surface area contributed by atoms with Crippen LogP contribution in [0.25, 0.3) is 10.8 Å². The van der Waals surface area contributed by atoms with Crippen LogP contribution in [0.5, 0.6) is 0 Å². The molecule has 2 heteroatoms. The maximum atomic E-state index is 10.8. The van der Waals surface area contributed by atoms with Gasteiger partial charge in [-0.3, -0.25) is 4.90 Å². The van der Waals surface area contributed by atoms with Crippen molar-refractivity contribution in [3.63, 3.8) is 0 Å². The van der Waals surface area contributed by atoms with Crippen LogP contribution in [-0.2, 0) is 6.54 Å². The first-order chi connectivity index (χ1) is 11.8. The number of rotatable bonds is 3. The van der Waals surface area contributed by atoms with Crippen LogP contribution in [0.2, 0.25) is 0 Å². The first-order valence-corrected chi connectivity index (χ1v) is 8.73. The molecular weight excluding hydrogens is 294 g/mol. The number of aliphatic hydroxyl groups excluding tert-OH is 1. The predicted octanol–water partition coefficient (Wildman–Crippen LogP) is 4.19. The smallest absolute Gasteiger partial charge is 0.0736 e. The van der Waals surface area contributed by atoms with Crippen LogP contribution < -0.4 is 0 Å². The second-order valence-electron chi connectivity index (χ2n) is 6.75. The Morgan fingerprint density at radius 1 is 0.875 bits per heavy atom. The highest BCUT2D eigenvalue weighted by Gasteiger charge is 2.29. The first kappa shape index (κ1) is 15.4. The lowest BCUT2D eigenvalue weighted by Gasteiger charge is -2.36. The molecule has 0 aliphatic carbocycles. The van der Waals surface area contributed by atoms with Gasteiger partial charge in [-0.05, 0) is 34.9 Å². The standard InChI is InChI=1S/C22H23NO/c24-22-16-23(15-17-7-2-1-3-8-17)14-13-21(22)20-12-6-10-18-9-4-5-11-19(18)20/h1-12,21-22,24H,13-16H2. The third-order valence-electron chi connectivity index (χ3n) is 5.14. The Balaban J connectivity index is 1.52. The Morgan fingerprint density at radius 3 is 2.46 bits per heavy atom. The van der Waals surface area contributed by atoms with E-state index in [4.69, 9.17) is 0 Å². The zero-order chi connectivity index (χ0) is 16.4. The number of hydrogen-bond donors (Lipinski definition) is 1. The summed E-state index contributed by atoms with van der Waals surface area (Å²) in [6.45, 7) is 2.68. The average molecular weight is 317 g/mol. The van der Waals surface area contributed by atoms with Crippen molar-refractivity contribution >= 4 is 10.8 Å². The maximum absolute atomic E-state index is 10.8. The molecule has 1 aliphatic rings. The number of nitrogens with zero attached hydrogens (tertiary/aromatic N) is 1. The van der Waals surface area contributed by atoms with Gasteiger partial charge in [0.15, 0.2) is 0 Å². The van der Waals surface area contributed by atoms with Crippen LogP contribution in [-0.4, -0.2) is 29.2 Å². The lowest BCUT2D eigenvalue weighted by Crippen LogP contribution is -2.42. The Kier molecular flexibility index (Phi) is 4.33. The molecule has 2 atom stereocenters. The fraction of sp³-hybridized carbons (Fsp3) is 0.273. The lowest BCUT2D eigenvalue weighted by atomic mass is 9.84. The second-order valence-corrected chi connectivity index (χ2v) is 6.75. The summed E-state index contributed by atoms with van der Waals surface area (Å²) in [5.41, 5.74) is 2.60. The summed E-state index contributed by atoms with van der Waals surface area (Å²) < 4.78 is 0. The number of piperidine rings is 1. The van der Waals surface area contributed by atoms with Gasteiger partial charge in [-0.25, -0.2) is 0 Å². The van der Waals surface area contributed by atoms with Crippen molar-refractivity contribution in [3.8, 4) is 0 Å². The van der Waals surface area contributed by atoms with Gasteiger partial charge in [-0.15, -0.1) is 0 Å². The molecule has 0 amide bonds. The number of benzene rings is 3. The zero-order valence-corrected chi connectivity index (χ0v) is 13.8. The quantitative estimate of drug-likeness (QED) is 0.783. The molecule has 24 heavy (non-hydrogen) atoms. The van der Waals surface area contributed by atoms with Gasteiger partial charge in [0, 0.05) is 19.0 Å². The van der Waals surface area contributed by atoms with E-state index >= 15 is 0 Å². The molecular formula is C22H23NO. The van der Waals surface area contributed by atoms with Crippen LogP contribution >= 0.6 is 0 Å². The third kappa shape index (κ3) is 3.08. The number of likely N-dealkylation sites (tertiary alicyclic amines) is 1. The second kappa shape index (κ2) is 6.76. The predicted molar refractivity (Wildman–Crippen MR) is 99.0 cm³/mol. The molecule has 0 bridgehead atoms. The molecule has 122 valence electrons. The summed E-state index contributed by atoms with van der Waals surface area (Å²) in [6.07, 6.45) is 0.690. The minimum Gasteiger partial charge on any atom is -0.391 e. The molecule has 2 unspecified atom stereocenters. The van der Waals surface area contributed by atoms with Crippen molar-refractivity contribution in [2.75, 3.05) is 13.1 Å². The lowest BCUT2D eigenvalue weighted by molar-refractivity contribution is 0.0481. The summed E-state index contributed by atoms with van der Waals surface area (Å²) in [5, 5.41) is 13.3. The van der Waals surface area contributed by atoms with Crippen molar-refractivity contribution in [3.05, 3.63) is 83.9 Å². The van der Waals surface area contributed by atoms with Crippen LogP contribution in [0, 0.1) is 0 Å². The Hall–Kier alpha value is -2.16. The molecule has 1 aliphatic heterocycles. The molecule has 2 nitrogen and oxygen atoms in total. The Morgan fingerprint density at radius 2 is 1.62 bits per heavy atom. The van der Waals surface area contributed by atoms with Gasteiger partial charge in [0.1, 0.15) is 0 Å². The monoisotopic (exact) mass is 317 g/mol. The molecule has 0 aromatic heterocycles.